The molecule has 2 heterocycles. The molecule has 0 radical (unpaired) electrons. The number of aromatic nitrogens is 1. The van der Waals surface area contributed by atoms with Gasteiger partial charge in [0.1, 0.15) is 5.76 Å². The number of unbranched alkanes of at least 4 members (excludes halogenated alkanes) is 1. The molecule has 2 aromatic heterocycles. The fourth-order valence-corrected chi connectivity index (χ4v) is 4.18. The van der Waals surface area contributed by atoms with Gasteiger partial charge in [0.25, 0.3) is 0 Å². The van der Waals surface area contributed by atoms with E-state index in [9.17, 15) is 0 Å². The van der Waals surface area contributed by atoms with Crippen molar-refractivity contribution in [2.45, 2.75) is 25.9 Å². The number of pyridine rings is 1. The summed E-state index contributed by atoms with van der Waals surface area (Å²) in [6, 6.07) is 22.4. The van der Waals surface area contributed by atoms with Gasteiger partial charge in [-0.1, -0.05) is 41.9 Å². The van der Waals surface area contributed by atoms with Gasteiger partial charge in [-0.3, -0.25) is 9.88 Å². The summed E-state index contributed by atoms with van der Waals surface area (Å²) in [6.07, 6.45) is 3.99. The van der Waals surface area contributed by atoms with Gasteiger partial charge in [-0.25, -0.2) is 0 Å². The molecule has 0 saturated carbocycles. The van der Waals surface area contributed by atoms with Crippen molar-refractivity contribution in [3.05, 3.63) is 93.9 Å². The van der Waals surface area contributed by atoms with Crippen LogP contribution in [0.2, 0.25) is 5.02 Å². The number of hydrogen-bond donors (Lipinski definition) is 1. The first-order chi connectivity index (χ1) is 15.2. The number of anilines is 1. The molecule has 0 aliphatic carbocycles. The summed E-state index contributed by atoms with van der Waals surface area (Å²) in [6.45, 7) is 3.61. The molecular weight excluding hydrogens is 474 g/mol. The van der Waals surface area contributed by atoms with Crippen LogP contribution in [0.25, 0.3) is 10.9 Å². The maximum absolute atomic E-state index is 6.09. The molecule has 0 aliphatic rings. The second-order valence-electron chi connectivity index (χ2n) is 7.56. The molecule has 2 aromatic carbocycles. The summed E-state index contributed by atoms with van der Waals surface area (Å²) in [5.74, 6) is 0.975. The van der Waals surface area contributed by atoms with Gasteiger partial charge in [0.2, 0.25) is 0 Å². The van der Waals surface area contributed by atoms with Crippen LogP contribution in [-0.4, -0.2) is 23.0 Å². The van der Waals surface area contributed by atoms with Gasteiger partial charge in [-0.15, -0.1) is 0 Å². The summed E-state index contributed by atoms with van der Waals surface area (Å²) in [5, 5.41) is 5.36. The topological polar surface area (TPSA) is 41.3 Å². The van der Waals surface area contributed by atoms with Crippen LogP contribution in [0.5, 0.6) is 0 Å². The average molecular weight is 499 g/mol. The lowest BCUT2D eigenvalue weighted by molar-refractivity contribution is 0.230. The minimum absolute atomic E-state index is 0.708. The monoisotopic (exact) mass is 497 g/mol. The van der Waals surface area contributed by atoms with Crippen molar-refractivity contribution in [3.8, 4) is 0 Å². The Kier molecular flexibility index (Phi) is 7.62. The van der Waals surface area contributed by atoms with E-state index in [2.05, 4.69) is 61.5 Å². The molecule has 4 rings (SSSR count). The molecule has 0 spiro atoms. The van der Waals surface area contributed by atoms with Crippen molar-refractivity contribution in [1.82, 2.24) is 9.88 Å². The summed E-state index contributed by atoms with van der Waals surface area (Å²) in [4.78, 5) is 6.84. The average Bonchev–Trinajstić information content (AvgIpc) is 3.18. The lowest BCUT2D eigenvalue weighted by atomic mass is 10.1. The predicted octanol–water partition coefficient (Wildman–Crippen LogP) is 7.14. The molecule has 0 saturated heterocycles. The van der Waals surface area contributed by atoms with E-state index in [-0.39, 0.29) is 0 Å². The van der Waals surface area contributed by atoms with Crippen LogP contribution in [0.3, 0.4) is 0 Å². The van der Waals surface area contributed by atoms with E-state index >= 15 is 0 Å². The van der Waals surface area contributed by atoms with Crippen molar-refractivity contribution in [3.63, 3.8) is 0 Å². The zero-order chi connectivity index (χ0) is 21.5. The van der Waals surface area contributed by atoms with E-state index in [0.717, 1.165) is 66.0 Å². The summed E-state index contributed by atoms with van der Waals surface area (Å²) >= 11 is 9.49. The zero-order valence-electron chi connectivity index (χ0n) is 17.2. The normalized spacial score (nSPS) is 11.3. The second-order valence-corrected chi connectivity index (χ2v) is 8.77. The van der Waals surface area contributed by atoms with Crippen LogP contribution in [0, 0.1) is 0 Å². The third-order valence-corrected chi connectivity index (χ3v) is 5.84. The number of benzene rings is 2. The quantitative estimate of drug-likeness (QED) is 0.236. The van der Waals surface area contributed by atoms with Gasteiger partial charge in [0.15, 0.2) is 4.67 Å². The Morgan fingerprint density at radius 1 is 0.968 bits per heavy atom. The maximum Gasteiger partial charge on any atom is 0.169 e. The first-order valence-corrected chi connectivity index (χ1v) is 11.6. The van der Waals surface area contributed by atoms with E-state index < -0.39 is 0 Å². The minimum atomic E-state index is 0.708. The van der Waals surface area contributed by atoms with Gasteiger partial charge < -0.3 is 9.73 Å². The van der Waals surface area contributed by atoms with Crippen LogP contribution in [-0.2, 0) is 13.1 Å². The van der Waals surface area contributed by atoms with Crippen molar-refractivity contribution in [2.75, 3.05) is 18.4 Å². The third kappa shape index (κ3) is 6.33. The summed E-state index contributed by atoms with van der Waals surface area (Å²) < 4.78 is 6.51. The van der Waals surface area contributed by atoms with E-state index in [1.54, 1.807) is 0 Å². The first kappa shape index (κ1) is 21.9. The molecule has 4 nitrogen and oxygen atoms in total. The lowest BCUT2D eigenvalue weighted by Gasteiger charge is -2.21. The van der Waals surface area contributed by atoms with Gasteiger partial charge in [0.05, 0.1) is 12.1 Å². The van der Waals surface area contributed by atoms with E-state index in [1.165, 1.54) is 5.56 Å². The number of rotatable bonds is 10. The zero-order valence-corrected chi connectivity index (χ0v) is 19.6. The Bertz CT molecular complexity index is 1120. The van der Waals surface area contributed by atoms with E-state index in [1.807, 2.05) is 42.6 Å². The Labute approximate surface area is 196 Å². The molecular formula is C25H25BrClN3O. The number of nitrogens with zero attached hydrogens (tertiary/aromatic N) is 2. The van der Waals surface area contributed by atoms with Crippen LogP contribution in [0.1, 0.15) is 24.2 Å². The Hall–Kier alpha value is -2.34. The summed E-state index contributed by atoms with van der Waals surface area (Å²) in [5.41, 5.74) is 3.33. The smallest absolute Gasteiger partial charge is 0.169 e. The van der Waals surface area contributed by atoms with Gasteiger partial charge in [0, 0.05) is 35.4 Å². The van der Waals surface area contributed by atoms with Gasteiger partial charge >= 0.3 is 0 Å². The standard InChI is InChI=1S/C25H25BrClN3O/c26-25-11-9-21(31-25)18-30(17-19-6-2-1-3-7-19)15-5-4-13-28-23-12-14-29-24-16-20(27)8-10-22(23)24/h1-3,6-12,14,16H,4-5,13,15,17-18H2,(H,28,29). The predicted molar refractivity (Wildman–Crippen MR) is 131 cm³/mol. The highest BCUT2D eigenvalue weighted by atomic mass is 79.9. The van der Waals surface area contributed by atoms with Crippen molar-refractivity contribution < 1.29 is 4.42 Å². The van der Waals surface area contributed by atoms with E-state index in [4.69, 9.17) is 16.0 Å². The SMILES string of the molecule is Clc1ccc2c(NCCCCN(Cc3ccccc3)Cc3ccc(Br)o3)ccnc2c1. The number of hydrogen-bond acceptors (Lipinski definition) is 4. The van der Waals surface area contributed by atoms with Crippen molar-refractivity contribution >= 4 is 44.1 Å². The number of halogens is 2. The molecule has 1 N–H and O–H groups in total. The van der Waals surface area contributed by atoms with E-state index in [0.29, 0.717) is 5.02 Å². The lowest BCUT2D eigenvalue weighted by Crippen LogP contribution is -2.24. The van der Waals surface area contributed by atoms with Gasteiger partial charge in [-0.2, -0.15) is 0 Å². The molecule has 4 aromatic rings. The molecule has 0 bridgehead atoms. The molecule has 0 amide bonds. The Balaban J connectivity index is 1.31. The highest BCUT2D eigenvalue weighted by molar-refractivity contribution is 9.10. The minimum Gasteiger partial charge on any atom is -0.453 e. The number of furan rings is 1. The molecule has 0 fully saturated rings. The first-order valence-electron chi connectivity index (χ1n) is 10.5. The van der Waals surface area contributed by atoms with Gasteiger partial charge in [-0.05, 0) is 77.3 Å². The largest absolute Gasteiger partial charge is 0.453 e. The van der Waals surface area contributed by atoms with Crippen LogP contribution in [0.4, 0.5) is 5.69 Å². The van der Waals surface area contributed by atoms with Crippen molar-refractivity contribution in [2.24, 2.45) is 0 Å². The molecule has 0 aliphatic heterocycles. The van der Waals surface area contributed by atoms with Crippen LogP contribution in [0.15, 0.2) is 82.0 Å². The molecule has 0 atom stereocenters. The summed E-state index contributed by atoms with van der Waals surface area (Å²) in [7, 11) is 0. The second kappa shape index (κ2) is 10.8. The molecule has 6 heteroatoms. The third-order valence-electron chi connectivity index (χ3n) is 5.18. The van der Waals surface area contributed by atoms with Crippen LogP contribution < -0.4 is 5.32 Å². The van der Waals surface area contributed by atoms with Crippen molar-refractivity contribution in [1.29, 1.82) is 0 Å². The number of fused-ring (bicyclic) bond motifs is 1. The fourth-order valence-electron chi connectivity index (χ4n) is 3.67. The van der Waals surface area contributed by atoms with Crippen LogP contribution >= 0.6 is 27.5 Å². The fraction of sp³-hybridized carbons (Fsp3) is 0.240. The highest BCUT2D eigenvalue weighted by Crippen LogP contribution is 2.24. The highest BCUT2D eigenvalue weighted by Gasteiger charge is 2.10. The molecule has 0 unspecified atom stereocenters. The maximum atomic E-state index is 6.09. The Morgan fingerprint density at radius 3 is 2.65 bits per heavy atom. The Morgan fingerprint density at radius 2 is 1.84 bits per heavy atom. The number of nitrogens with one attached hydrogen (secondary N) is 1. The molecule has 31 heavy (non-hydrogen) atoms. The molecule has 160 valence electrons.